The molecule has 1 aromatic carbocycles. The Balaban J connectivity index is 1.78. The van der Waals surface area contributed by atoms with Gasteiger partial charge in [0.2, 0.25) is 0 Å². The Morgan fingerprint density at radius 2 is 1.90 bits per heavy atom. The summed E-state index contributed by atoms with van der Waals surface area (Å²) in [5.74, 6) is 0.662. The summed E-state index contributed by atoms with van der Waals surface area (Å²) in [6.07, 6.45) is 5.19. The van der Waals surface area contributed by atoms with E-state index in [1.54, 1.807) is 17.2 Å². The quantitative estimate of drug-likeness (QED) is 0.729. The smallest absolute Gasteiger partial charge is 0.158 e. The fourth-order valence-corrected chi connectivity index (χ4v) is 1.87. The van der Waals surface area contributed by atoms with Gasteiger partial charge in [-0.25, -0.2) is 14.6 Å². The molecule has 0 atom stereocenters. The lowest BCUT2D eigenvalue weighted by molar-refractivity contribution is 0.838. The monoisotopic (exact) mass is 276 g/mol. The van der Waals surface area contributed by atoms with E-state index < -0.39 is 0 Å². The maximum atomic E-state index is 8.69. The zero-order valence-electron chi connectivity index (χ0n) is 11.4. The Kier molecular flexibility index (Phi) is 3.39. The first-order valence-corrected chi connectivity index (χ1v) is 6.43. The van der Waals surface area contributed by atoms with Crippen molar-refractivity contribution in [1.29, 1.82) is 5.26 Å². The van der Waals surface area contributed by atoms with Gasteiger partial charge in [0, 0.05) is 0 Å². The van der Waals surface area contributed by atoms with Crippen LogP contribution in [0.2, 0.25) is 0 Å². The summed E-state index contributed by atoms with van der Waals surface area (Å²) in [5, 5.41) is 13.1. The molecule has 0 amide bonds. The molecular formula is C15H12N6. The molecule has 2 heterocycles. The molecule has 0 aliphatic heterocycles. The van der Waals surface area contributed by atoms with Gasteiger partial charge >= 0.3 is 0 Å². The Morgan fingerprint density at radius 1 is 1.10 bits per heavy atom. The van der Waals surface area contributed by atoms with Crippen molar-refractivity contribution >= 4 is 0 Å². The Morgan fingerprint density at radius 3 is 2.57 bits per heavy atom. The third kappa shape index (κ3) is 2.92. The summed E-state index contributed by atoms with van der Waals surface area (Å²) in [4.78, 5) is 12.4. The van der Waals surface area contributed by atoms with Crippen LogP contribution in [0.3, 0.4) is 0 Å². The Hall–Kier alpha value is -3.07. The molecule has 0 spiro atoms. The predicted molar refractivity (Wildman–Crippen MR) is 75.6 cm³/mol. The number of aromatic nitrogens is 5. The van der Waals surface area contributed by atoms with Crippen molar-refractivity contribution in [3.8, 4) is 11.8 Å². The summed E-state index contributed by atoms with van der Waals surface area (Å²) in [6, 6.07) is 9.99. The van der Waals surface area contributed by atoms with Gasteiger partial charge in [-0.15, -0.1) is 0 Å². The van der Waals surface area contributed by atoms with Crippen LogP contribution < -0.4 is 0 Å². The van der Waals surface area contributed by atoms with Crippen LogP contribution in [0.25, 0.3) is 5.69 Å². The minimum atomic E-state index is 0.303. The van der Waals surface area contributed by atoms with Gasteiger partial charge in [0.1, 0.15) is 12.4 Å². The van der Waals surface area contributed by atoms with E-state index in [4.69, 9.17) is 5.26 Å². The van der Waals surface area contributed by atoms with Gasteiger partial charge in [0.25, 0.3) is 0 Å². The van der Waals surface area contributed by atoms with Crippen molar-refractivity contribution in [1.82, 2.24) is 24.7 Å². The summed E-state index contributed by atoms with van der Waals surface area (Å²) < 4.78 is 1.73. The highest BCUT2D eigenvalue weighted by Crippen LogP contribution is 2.09. The second kappa shape index (κ2) is 5.51. The molecule has 0 radical (unpaired) electrons. The van der Waals surface area contributed by atoms with Crippen LogP contribution in [-0.4, -0.2) is 24.7 Å². The average Bonchev–Trinajstić information content (AvgIpc) is 2.97. The molecule has 0 saturated heterocycles. The third-order valence-electron chi connectivity index (χ3n) is 3.00. The van der Waals surface area contributed by atoms with E-state index in [0.717, 1.165) is 11.4 Å². The summed E-state index contributed by atoms with van der Waals surface area (Å²) in [7, 11) is 0. The summed E-state index contributed by atoms with van der Waals surface area (Å²) in [6.45, 7) is 2.04. The highest BCUT2D eigenvalue weighted by atomic mass is 15.3. The molecule has 2 aromatic heterocycles. The van der Waals surface area contributed by atoms with Crippen molar-refractivity contribution in [3.05, 3.63) is 65.8 Å². The molecule has 0 aliphatic rings. The van der Waals surface area contributed by atoms with Crippen LogP contribution in [0.4, 0.5) is 0 Å². The van der Waals surface area contributed by atoms with E-state index in [2.05, 4.69) is 20.1 Å². The van der Waals surface area contributed by atoms with Crippen molar-refractivity contribution in [3.63, 3.8) is 0 Å². The van der Waals surface area contributed by atoms with Crippen molar-refractivity contribution in [2.24, 2.45) is 0 Å². The fourth-order valence-electron chi connectivity index (χ4n) is 1.87. The number of hydrogen-bond donors (Lipinski definition) is 0. The van der Waals surface area contributed by atoms with E-state index in [0.29, 0.717) is 17.9 Å². The van der Waals surface area contributed by atoms with Crippen molar-refractivity contribution < 1.29 is 0 Å². The molecule has 3 rings (SSSR count). The SMILES string of the molecule is Cc1ccc(-n2cnc(Cc3cnc(C#N)cn3)n2)cc1. The molecule has 0 aliphatic carbocycles. The maximum Gasteiger partial charge on any atom is 0.158 e. The van der Waals surface area contributed by atoms with Crippen LogP contribution in [-0.2, 0) is 6.42 Å². The number of rotatable bonds is 3. The van der Waals surface area contributed by atoms with Gasteiger partial charge in [-0.2, -0.15) is 10.4 Å². The molecule has 0 saturated carbocycles. The van der Waals surface area contributed by atoms with Gasteiger partial charge < -0.3 is 0 Å². The second-order valence-corrected chi connectivity index (χ2v) is 4.62. The largest absolute Gasteiger partial charge is 0.256 e. The first-order chi connectivity index (χ1) is 10.2. The van der Waals surface area contributed by atoms with Gasteiger partial charge in [-0.3, -0.25) is 4.98 Å². The van der Waals surface area contributed by atoms with Gasteiger partial charge in [0.05, 0.1) is 30.2 Å². The molecule has 0 N–H and O–H groups in total. The molecule has 6 nitrogen and oxygen atoms in total. The van der Waals surface area contributed by atoms with E-state index >= 15 is 0 Å². The standard InChI is InChI=1S/C15H12N6/c1-11-2-4-14(5-3-11)21-10-19-15(20-21)6-12-8-18-13(7-16)9-17-12/h2-5,8-10H,6H2,1H3. The zero-order chi connectivity index (χ0) is 14.7. The maximum absolute atomic E-state index is 8.69. The van der Waals surface area contributed by atoms with Crippen LogP contribution >= 0.6 is 0 Å². The molecule has 0 unspecified atom stereocenters. The lowest BCUT2D eigenvalue weighted by Crippen LogP contribution is -1.99. The number of hydrogen-bond acceptors (Lipinski definition) is 5. The first-order valence-electron chi connectivity index (χ1n) is 6.43. The Bertz CT molecular complexity index is 780. The van der Waals surface area contributed by atoms with E-state index in [-0.39, 0.29) is 0 Å². The lowest BCUT2D eigenvalue weighted by Gasteiger charge is -2.00. The highest BCUT2D eigenvalue weighted by molar-refractivity contribution is 5.33. The molecule has 21 heavy (non-hydrogen) atoms. The van der Waals surface area contributed by atoms with Gasteiger partial charge in [0.15, 0.2) is 11.5 Å². The number of aryl methyl sites for hydroxylation is 1. The highest BCUT2D eigenvalue weighted by Gasteiger charge is 2.05. The number of nitrogens with zero attached hydrogens (tertiary/aromatic N) is 6. The molecule has 0 bridgehead atoms. The minimum absolute atomic E-state index is 0.303. The average molecular weight is 276 g/mol. The predicted octanol–water partition coefficient (Wildman–Crippen LogP) is 1.83. The van der Waals surface area contributed by atoms with Crippen molar-refractivity contribution in [2.45, 2.75) is 13.3 Å². The first kappa shape index (κ1) is 12.9. The Labute approximate surface area is 121 Å². The molecular weight excluding hydrogens is 264 g/mol. The third-order valence-corrected chi connectivity index (χ3v) is 3.00. The second-order valence-electron chi connectivity index (χ2n) is 4.62. The van der Waals surface area contributed by atoms with Crippen molar-refractivity contribution in [2.75, 3.05) is 0 Å². The minimum Gasteiger partial charge on any atom is -0.256 e. The van der Waals surface area contributed by atoms with Gasteiger partial charge in [-0.05, 0) is 19.1 Å². The van der Waals surface area contributed by atoms with Gasteiger partial charge in [-0.1, -0.05) is 17.7 Å². The normalized spacial score (nSPS) is 10.3. The number of benzene rings is 1. The molecule has 3 aromatic rings. The fraction of sp³-hybridized carbons (Fsp3) is 0.133. The zero-order valence-corrected chi connectivity index (χ0v) is 11.4. The van der Waals surface area contributed by atoms with E-state index in [1.165, 1.54) is 11.8 Å². The topological polar surface area (TPSA) is 80.3 Å². The lowest BCUT2D eigenvalue weighted by atomic mass is 10.2. The van der Waals surface area contributed by atoms with E-state index in [9.17, 15) is 0 Å². The summed E-state index contributed by atoms with van der Waals surface area (Å²) >= 11 is 0. The van der Waals surface area contributed by atoms with Crippen LogP contribution in [0.5, 0.6) is 0 Å². The van der Waals surface area contributed by atoms with Crippen LogP contribution in [0.1, 0.15) is 22.8 Å². The summed E-state index contributed by atoms with van der Waals surface area (Å²) in [5.41, 5.74) is 3.20. The van der Waals surface area contributed by atoms with Crippen LogP contribution in [0.15, 0.2) is 43.0 Å². The molecule has 0 fully saturated rings. The van der Waals surface area contributed by atoms with Crippen LogP contribution in [0, 0.1) is 18.3 Å². The number of nitriles is 1. The molecule has 6 heteroatoms. The molecule has 102 valence electrons. The van der Waals surface area contributed by atoms with E-state index in [1.807, 2.05) is 37.3 Å².